The molecule has 0 fully saturated rings. The van der Waals surface area contributed by atoms with Crippen molar-refractivity contribution >= 4 is 23.5 Å². The molecule has 1 atom stereocenters. The second-order valence-corrected chi connectivity index (χ2v) is 5.40. The third-order valence-electron chi connectivity index (χ3n) is 3.53. The summed E-state index contributed by atoms with van der Waals surface area (Å²) in [6.07, 6.45) is -5.17. The molecule has 1 heterocycles. The molecule has 7 nitrogen and oxygen atoms in total. The van der Waals surface area contributed by atoms with E-state index < -0.39 is 35.8 Å². The standard InChI is InChI=1S/C16H15F3N2O5/c1-8-13(15(24)25-2)11(7-12(22)20-8)14(23)21-9-4-3-5-10(6-9)26-16(17,18)19/h3-6,11H,7H2,1-2H3,(H,20,22)(H,21,23). The molecule has 10 heteroatoms. The van der Waals surface area contributed by atoms with E-state index in [-0.39, 0.29) is 23.4 Å². The van der Waals surface area contributed by atoms with Gasteiger partial charge in [0.2, 0.25) is 11.8 Å². The number of hydrogen-bond donors (Lipinski definition) is 2. The summed E-state index contributed by atoms with van der Waals surface area (Å²) >= 11 is 0. The van der Waals surface area contributed by atoms with Crippen LogP contribution in [-0.2, 0) is 19.1 Å². The molecule has 1 aliphatic heterocycles. The van der Waals surface area contributed by atoms with Crippen molar-refractivity contribution in [3.8, 4) is 5.75 Å². The summed E-state index contributed by atoms with van der Waals surface area (Å²) in [5.74, 6) is -3.63. The van der Waals surface area contributed by atoms with Crippen LogP contribution in [0, 0.1) is 5.92 Å². The lowest BCUT2D eigenvalue weighted by Crippen LogP contribution is -2.40. The highest BCUT2D eigenvalue weighted by Gasteiger charge is 2.36. The minimum atomic E-state index is -4.87. The Labute approximate surface area is 146 Å². The molecule has 1 unspecified atom stereocenters. The second-order valence-electron chi connectivity index (χ2n) is 5.40. The molecule has 2 N–H and O–H groups in total. The first-order valence-electron chi connectivity index (χ1n) is 7.36. The smallest absolute Gasteiger partial charge is 0.466 e. The van der Waals surface area contributed by atoms with Gasteiger partial charge in [-0.15, -0.1) is 13.2 Å². The lowest BCUT2D eigenvalue weighted by Gasteiger charge is -2.25. The Kier molecular flexibility index (Phi) is 5.53. The molecule has 0 saturated heterocycles. The van der Waals surface area contributed by atoms with E-state index in [1.807, 2.05) is 0 Å². The van der Waals surface area contributed by atoms with Crippen LogP contribution in [0.25, 0.3) is 0 Å². The zero-order valence-corrected chi connectivity index (χ0v) is 13.8. The van der Waals surface area contributed by atoms with Gasteiger partial charge in [0.1, 0.15) is 5.75 Å². The number of nitrogens with one attached hydrogen (secondary N) is 2. The fourth-order valence-electron chi connectivity index (χ4n) is 2.51. The fourth-order valence-corrected chi connectivity index (χ4v) is 2.51. The van der Waals surface area contributed by atoms with Crippen molar-refractivity contribution in [2.75, 3.05) is 12.4 Å². The molecule has 1 aliphatic rings. The first-order chi connectivity index (χ1) is 12.1. The van der Waals surface area contributed by atoms with Crippen LogP contribution >= 0.6 is 0 Å². The van der Waals surface area contributed by atoms with Gasteiger partial charge in [0, 0.05) is 23.9 Å². The molecular formula is C16H15F3N2O5. The van der Waals surface area contributed by atoms with Gasteiger partial charge in [-0.2, -0.15) is 0 Å². The van der Waals surface area contributed by atoms with Crippen molar-refractivity contribution in [2.24, 2.45) is 5.92 Å². The minimum Gasteiger partial charge on any atom is -0.466 e. The number of carbonyl (C=O) groups is 3. The van der Waals surface area contributed by atoms with Gasteiger partial charge in [0.05, 0.1) is 18.6 Å². The number of methoxy groups -OCH3 is 1. The van der Waals surface area contributed by atoms with Gasteiger partial charge in [-0.3, -0.25) is 9.59 Å². The third-order valence-corrected chi connectivity index (χ3v) is 3.53. The van der Waals surface area contributed by atoms with Gasteiger partial charge in [-0.05, 0) is 19.1 Å². The van der Waals surface area contributed by atoms with E-state index in [4.69, 9.17) is 0 Å². The number of hydrogen-bond acceptors (Lipinski definition) is 5. The molecule has 2 rings (SSSR count). The van der Waals surface area contributed by atoms with Crippen molar-refractivity contribution in [2.45, 2.75) is 19.7 Å². The Balaban J connectivity index is 2.23. The predicted molar refractivity (Wildman–Crippen MR) is 82.7 cm³/mol. The number of anilines is 1. The van der Waals surface area contributed by atoms with Crippen molar-refractivity contribution in [1.29, 1.82) is 0 Å². The van der Waals surface area contributed by atoms with E-state index in [1.54, 1.807) is 0 Å². The molecule has 0 saturated carbocycles. The van der Waals surface area contributed by atoms with Crippen LogP contribution in [0.15, 0.2) is 35.5 Å². The summed E-state index contributed by atoms with van der Waals surface area (Å²) in [5, 5.41) is 4.82. The predicted octanol–water partition coefficient (Wildman–Crippen LogP) is 2.11. The summed E-state index contributed by atoms with van der Waals surface area (Å²) in [5.41, 5.74) is 0.180. The van der Waals surface area contributed by atoms with E-state index in [2.05, 4.69) is 20.1 Å². The molecule has 1 aromatic carbocycles. The summed E-state index contributed by atoms with van der Waals surface area (Å²) < 4.78 is 45.2. The Morgan fingerprint density at radius 1 is 1.31 bits per heavy atom. The Morgan fingerprint density at radius 3 is 2.62 bits per heavy atom. The topological polar surface area (TPSA) is 93.7 Å². The normalized spacial score (nSPS) is 17.4. The molecule has 140 valence electrons. The Bertz CT molecular complexity index is 773. The number of benzene rings is 1. The van der Waals surface area contributed by atoms with Crippen LogP contribution in [0.3, 0.4) is 0 Å². The Hall–Kier alpha value is -3.04. The lowest BCUT2D eigenvalue weighted by molar-refractivity contribution is -0.274. The van der Waals surface area contributed by atoms with Crippen LogP contribution in [0.1, 0.15) is 13.3 Å². The van der Waals surface area contributed by atoms with Gasteiger partial charge in [0.15, 0.2) is 0 Å². The highest BCUT2D eigenvalue weighted by molar-refractivity contribution is 6.06. The van der Waals surface area contributed by atoms with E-state index in [1.165, 1.54) is 19.1 Å². The highest BCUT2D eigenvalue weighted by atomic mass is 19.4. The van der Waals surface area contributed by atoms with Crippen LogP contribution in [0.4, 0.5) is 18.9 Å². The SMILES string of the molecule is COC(=O)C1=C(C)NC(=O)CC1C(=O)Nc1cccc(OC(F)(F)F)c1. The molecular weight excluding hydrogens is 357 g/mol. The van der Waals surface area contributed by atoms with Crippen molar-refractivity contribution in [3.63, 3.8) is 0 Å². The average Bonchev–Trinajstić information content (AvgIpc) is 2.52. The summed E-state index contributed by atoms with van der Waals surface area (Å²) in [6, 6.07) is 4.65. The average molecular weight is 372 g/mol. The number of halogens is 3. The van der Waals surface area contributed by atoms with Crippen LogP contribution in [0.5, 0.6) is 5.75 Å². The lowest BCUT2D eigenvalue weighted by atomic mass is 9.89. The number of esters is 1. The molecule has 2 amide bonds. The molecule has 0 spiro atoms. The van der Waals surface area contributed by atoms with E-state index in [0.29, 0.717) is 0 Å². The molecule has 0 aromatic heterocycles. The van der Waals surface area contributed by atoms with Crippen LogP contribution in [-0.4, -0.2) is 31.3 Å². The van der Waals surface area contributed by atoms with Crippen molar-refractivity contribution in [3.05, 3.63) is 35.5 Å². The number of ether oxygens (including phenoxy) is 2. The largest absolute Gasteiger partial charge is 0.573 e. The van der Waals surface area contributed by atoms with Crippen molar-refractivity contribution in [1.82, 2.24) is 5.32 Å². The maximum absolute atomic E-state index is 12.5. The molecule has 0 bridgehead atoms. The zero-order chi connectivity index (χ0) is 19.5. The van der Waals surface area contributed by atoms with E-state index >= 15 is 0 Å². The van der Waals surface area contributed by atoms with Gasteiger partial charge < -0.3 is 20.1 Å². The number of allylic oxidation sites excluding steroid dienone is 1. The molecule has 0 radical (unpaired) electrons. The molecule has 0 aliphatic carbocycles. The van der Waals surface area contributed by atoms with E-state index in [9.17, 15) is 27.6 Å². The monoisotopic (exact) mass is 372 g/mol. The molecule has 1 aromatic rings. The zero-order valence-electron chi connectivity index (χ0n) is 13.8. The minimum absolute atomic E-state index is 0.0181. The van der Waals surface area contributed by atoms with Gasteiger partial charge in [0.25, 0.3) is 0 Å². The number of carbonyl (C=O) groups excluding carboxylic acids is 3. The van der Waals surface area contributed by atoms with Gasteiger partial charge >= 0.3 is 12.3 Å². The summed E-state index contributed by atoms with van der Waals surface area (Å²) in [7, 11) is 1.13. The summed E-state index contributed by atoms with van der Waals surface area (Å²) in [4.78, 5) is 36.1. The number of rotatable bonds is 4. The van der Waals surface area contributed by atoms with Gasteiger partial charge in [-0.1, -0.05) is 6.07 Å². The van der Waals surface area contributed by atoms with Crippen molar-refractivity contribution < 1.29 is 37.0 Å². The highest BCUT2D eigenvalue weighted by Crippen LogP contribution is 2.28. The van der Waals surface area contributed by atoms with Crippen LogP contribution in [0.2, 0.25) is 0 Å². The maximum atomic E-state index is 12.5. The first kappa shape index (κ1) is 19.3. The molecule has 26 heavy (non-hydrogen) atoms. The summed E-state index contributed by atoms with van der Waals surface area (Å²) in [6.45, 7) is 1.45. The fraction of sp³-hybridized carbons (Fsp3) is 0.312. The maximum Gasteiger partial charge on any atom is 0.573 e. The first-order valence-corrected chi connectivity index (χ1v) is 7.36. The van der Waals surface area contributed by atoms with Crippen LogP contribution < -0.4 is 15.4 Å². The van der Waals surface area contributed by atoms with E-state index in [0.717, 1.165) is 19.2 Å². The number of amides is 2. The quantitative estimate of drug-likeness (QED) is 0.790. The Morgan fingerprint density at radius 2 is 2.00 bits per heavy atom. The third kappa shape index (κ3) is 4.74. The number of alkyl halides is 3. The second kappa shape index (κ2) is 7.46. The van der Waals surface area contributed by atoms with Gasteiger partial charge in [-0.25, -0.2) is 4.79 Å².